The number of carbonyl (C=O) groups is 3. The van der Waals surface area contributed by atoms with E-state index in [4.69, 9.17) is 4.74 Å². The summed E-state index contributed by atoms with van der Waals surface area (Å²) in [5, 5.41) is 5.51. The van der Waals surface area contributed by atoms with Gasteiger partial charge >= 0.3 is 0 Å². The van der Waals surface area contributed by atoms with Crippen LogP contribution < -0.4 is 15.4 Å². The zero-order valence-electron chi connectivity index (χ0n) is 15.7. The van der Waals surface area contributed by atoms with Crippen molar-refractivity contribution in [2.75, 3.05) is 17.2 Å². The number of amides is 2. The quantitative estimate of drug-likeness (QED) is 0.692. The highest BCUT2D eigenvalue weighted by Crippen LogP contribution is 2.16. The molecule has 6 nitrogen and oxygen atoms in total. The van der Waals surface area contributed by atoms with Crippen LogP contribution in [0.5, 0.6) is 5.75 Å². The van der Waals surface area contributed by atoms with E-state index in [1.165, 1.54) is 0 Å². The van der Waals surface area contributed by atoms with Gasteiger partial charge in [0.2, 0.25) is 5.91 Å². The summed E-state index contributed by atoms with van der Waals surface area (Å²) < 4.78 is 5.43. The number of rotatable bonds is 8. The van der Waals surface area contributed by atoms with Gasteiger partial charge in [0.1, 0.15) is 5.75 Å². The Kier molecular flexibility index (Phi) is 7.11. The van der Waals surface area contributed by atoms with E-state index in [1.807, 2.05) is 20.8 Å². The Labute approximate surface area is 158 Å². The molecule has 0 heterocycles. The third kappa shape index (κ3) is 6.26. The third-order valence-electron chi connectivity index (χ3n) is 3.83. The average molecular weight is 368 g/mol. The van der Waals surface area contributed by atoms with Crippen molar-refractivity contribution in [3.05, 3.63) is 54.1 Å². The highest BCUT2D eigenvalue weighted by Gasteiger charge is 2.08. The van der Waals surface area contributed by atoms with Gasteiger partial charge in [0.05, 0.1) is 0 Å². The summed E-state index contributed by atoms with van der Waals surface area (Å²) in [4.78, 5) is 35.2. The van der Waals surface area contributed by atoms with Crippen molar-refractivity contribution in [3.63, 3.8) is 0 Å². The van der Waals surface area contributed by atoms with E-state index in [-0.39, 0.29) is 30.1 Å². The summed E-state index contributed by atoms with van der Waals surface area (Å²) in [6, 6.07) is 13.6. The molecule has 6 heteroatoms. The molecule has 0 spiro atoms. The molecule has 0 aliphatic carbocycles. The fourth-order valence-electron chi connectivity index (χ4n) is 2.21. The first kappa shape index (κ1) is 20.2. The molecule has 0 unspecified atom stereocenters. The molecule has 0 fully saturated rings. The van der Waals surface area contributed by atoms with Crippen LogP contribution in [0.3, 0.4) is 0 Å². The Morgan fingerprint density at radius 3 is 1.96 bits per heavy atom. The van der Waals surface area contributed by atoms with Gasteiger partial charge in [0, 0.05) is 29.3 Å². The molecule has 0 aliphatic rings. The Bertz CT molecular complexity index is 796. The Morgan fingerprint density at radius 2 is 1.44 bits per heavy atom. The van der Waals surface area contributed by atoms with Crippen molar-refractivity contribution in [2.45, 2.75) is 27.2 Å². The van der Waals surface area contributed by atoms with E-state index in [0.29, 0.717) is 29.1 Å². The lowest BCUT2D eigenvalue weighted by Crippen LogP contribution is -2.20. The summed E-state index contributed by atoms with van der Waals surface area (Å²) in [7, 11) is 0. The zero-order valence-corrected chi connectivity index (χ0v) is 15.7. The van der Waals surface area contributed by atoms with Gasteiger partial charge in [-0.1, -0.05) is 20.8 Å². The van der Waals surface area contributed by atoms with Gasteiger partial charge in [-0.15, -0.1) is 0 Å². The Morgan fingerprint density at radius 1 is 0.889 bits per heavy atom. The smallest absolute Gasteiger partial charge is 0.262 e. The van der Waals surface area contributed by atoms with E-state index in [0.717, 1.165) is 0 Å². The van der Waals surface area contributed by atoms with Crippen LogP contribution in [0, 0.1) is 5.92 Å². The topological polar surface area (TPSA) is 84.5 Å². The zero-order chi connectivity index (χ0) is 19.8. The summed E-state index contributed by atoms with van der Waals surface area (Å²) in [6.07, 6.45) is 0.447. The second kappa shape index (κ2) is 9.52. The second-order valence-corrected chi connectivity index (χ2v) is 6.36. The van der Waals surface area contributed by atoms with Gasteiger partial charge in [-0.05, 0) is 48.5 Å². The predicted octanol–water partition coefficient (Wildman–Crippen LogP) is 3.89. The molecule has 2 amide bonds. The van der Waals surface area contributed by atoms with Crippen LogP contribution in [-0.2, 0) is 9.59 Å². The Hall–Kier alpha value is -3.15. The number of anilines is 2. The highest BCUT2D eigenvalue weighted by atomic mass is 16.5. The normalized spacial score (nSPS) is 10.4. The monoisotopic (exact) mass is 368 g/mol. The van der Waals surface area contributed by atoms with Crippen molar-refractivity contribution in [1.29, 1.82) is 0 Å². The number of ketones is 1. The second-order valence-electron chi connectivity index (χ2n) is 6.36. The largest absolute Gasteiger partial charge is 0.484 e. The van der Waals surface area contributed by atoms with E-state index < -0.39 is 0 Å². The fourth-order valence-corrected chi connectivity index (χ4v) is 2.21. The maximum Gasteiger partial charge on any atom is 0.262 e. The summed E-state index contributed by atoms with van der Waals surface area (Å²) >= 11 is 0. The molecule has 2 N–H and O–H groups in total. The molecule has 142 valence electrons. The van der Waals surface area contributed by atoms with Crippen molar-refractivity contribution in [1.82, 2.24) is 0 Å². The van der Waals surface area contributed by atoms with E-state index in [1.54, 1.807) is 48.5 Å². The van der Waals surface area contributed by atoms with Crippen molar-refractivity contribution >= 4 is 29.0 Å². The first-order valence-electron chi connectivity index (χ1n) is 8.86. The van der Waals surface area contributed by atoms with E-state index in [9.17, 15) is 14.4 Å². The van der Waals surface area contributed by atoms with E-state index >= 15 is 0 Å². The number of Topliss-reactive ketones (excluding diaryl/α,β-unsaturated/α-hetero) is 1. The van der Waals surface area contributed by atoms with E-state index in [2.05, 4.69) is 10.6 Å². The van der Waals surface area contributed by atoms with Gasteiger partial charge < -0.3 is 15.4 Å². The molecule has 0 aromatic heterocycles. The summed E-state index contributed by atoms with van der Waals surface area (Å²) in [5.74, 6) is 0.113. The Balaban J connectivity index is 1.83. The molecule has 0 bridgehead atoms. The fraction of sp³-hybridized carbons (Fsp3) is 0.286. The van der Waals surface area contributed by atoms with Crippen molar-refractivity contribution in [3.8, 4) is 5.75 Å². The van der Waals surface area contributed by atoms with Gasteiger partial charge in [0.15, 0.2) is 12.4 Å². The molecule has 0 saturated heterocycles. The number of nitrogens with one attached hydrogen (secondary N) is 2. The van der Waals surface area contributed by atoms with Gasteiger partial charge in [-0.3, -0.25) is 14.4 Å². The van der Waals surface area contributed by atoms with Crippen LogP contribution >= 0.6 is 0 Å². The van der Waals surface area contributed by atoms with Gasteiger partial charge in [0.25, 0.3) is 5.91 Å². The minimum absolute atomic E-state index is 0.0623. The summed E-state index contributed by atoms with van der Waals surface area (Å²) in [5.41, 5.74) is 1.90. The SMILES string of the molecule is CCC(=O)c1ccc(OCC(=O)Nc2ccc(NC(=O)C(C)C)cc2)cc1. The van der Waals surface area contributed by atoms with Crippen LogP contribution in [-0.4, -0.2) is 24.2 Å². The minimum Gasteiger partial charge on any atom is -0.484 e. The standard InChI is InChI=1S/C21H24N2O4/c1-4-19(24)15-5-11-18(12-6-15)27-13-20(25)22-16-7-9-17(10-8-16)23-21(26)14(2)3/h5-12,14H,4,13H2,1-3H3,(H,22,25)(H,23,26). The third-order valence-corrected chi connectivity index (χ3v) is 3.83. The summed E-state index contributed by atoms with van der Waals surface area (Å²) in [6.45, 7) is 5.30. The molecule has 27 heavy (non-hydrogen) atoms. The number of ether oxygens (including phenoxy) is 1. The molecule has 2 aromatic carbocycles. The molecule has 2 aromatic rings. The number of benzene rings is 2. The lowest BCUT2D eigenvalue weighted by atomic mass is 10.1. The van der Waals surface area contributed by atoms with Crippen molar-refractivity contribution in [2.24, 2.45) is 5.92 Å². The number of hydrogen-bond acceptors (Lipinski definition) is 4. The van der Waals surface area contributed by atoms with Gasteiger partial charge in [-0.25, -0.2) is 0 Å². The maximum atomic E-state index is 12.0. The molecule has 0 atom stereocenters. The van der Waals surface area contributed by atoms with Crippen molar-refractivity contribution < 1.29 is 19.1 Å². The average Bonchev–Trinajstić information content (AvgIpc) is 2.67. The lowest BCUT2D eigenvalue weighted by Gasteiger charge is -2.10. The van der Waals surface area contributed by atoms with Crippen LogP contribution in [0.15, 0.2) is 48.5 Å². The number of hydrogen-bond donors (Lipinski definition) is 2. The highest BCUT2D eigenvalue weighted by molar-refractivity contribution is 5.96. The predicted molar refractivity (Wildman–Crippen MR) is 105 cm³/mol. The first-order chi connectivity index (χ1) is 12.9. The molecule has 0 saturated carbocycles. The molecule has 2 rings (SSSR count). The number of carbonyl (C=O) groups excluding carboxylic acids is 3. The molecular weight excluding hydrogens is 344 g/mol. The van der Waals surface area contributed by atoms with Crippen LogP contribution in [0.1, 0.15) is 37.6 Å². The molecule has 0 aliphatic heterocycles. The van der Waals surface area contributed by atoms with Crippen LogP contribution in [0.25, 0.3) is 0 Å². The molecule has 0 radical (unpaired) electrons. The van der Waals surface area contributed by atoms with Crippen LogP contribution in [0.2, 0.25) is 0 Å². The minimum atomic E-state index is -0.303. The lowest BCUT2D eigenvalue weighted by molar-refractivity contribution is -0.119. The van der Waals surface area contributed by atoms with Gasteiger partial charge in [-0.2, -0.15) is 0 Å². The molecular formula is C21H24N2O4. The first-order valence-corrected chi connectivity index (χ1v) is 8.86. The van der Waals surface area contributed by atoms with Crippen LogP contribution in [0.4, 0.5) is 11.4 Å². The maximum absolute atomic E-state index is 12.0.